The molecule has 0 unspecified atom stereocenters. The average Bonchev–Trinajstić information content (AvgIpc) is 4.14. The molecule has 0 radical (unpaired) electrons. The Balaban J connectivity index is 1.31. The molecule has 474 valence electrons. The van der Waals surface area contributed by atoms with E-state index in [-0.39, 0.29) is 17.7 Å². The summed E-state index contributed by atoms with van der Waals surface area (Å²) >= 11 is 0. The van der Waals surface area contributed by atoms with Gasteiger partial charge in [-0.05, 0) is 55.2 Å². The maximum atomic E-state index is 14.5. The van der Waals surface area contributed by atoms with E-state index in [4.69, 9.17) is 14.2 Å². The van der Waals surface area contributed by atoms with Crippen LogP contribution >= 0.6 is 0 Å². The number of nitrogens with zero attached hydrogens (tertiary/aromatic N) is 2. The van der Waals surface area contributed by atoms with Gasteiger partial charge >= 0.3 is 0 Å². The summed E-state index contributed by atoms with van der Waals surface area (Å²) in [6.45, 7) is 10.8. The van der Waals surface area contributed by atoms with Crippen molar-refractivity contribution in [3.63, 3.8) is 0 Å². The maximum Gasteiger partial charge on any atom is 0.254 e. The third kappa shape index (κ3) is 33.1. The van der Waals surface area contributed by atoms with Gasteiger partial charge in [-0.3, -0.25) is 14.4 Å². The number of hydrogen-bond donors (Lipinski definition) is 1. The first-order valence-electron chi connectivity index (χ1n) is 36.0. The molecule has 83 heavy (non-hydrogen) atoms. The summed E-state index contributed by atoms with van der Waals surface area (Å²) in [5.74, 6) is 1.60. The number of amides is 3. The van der Waals surface area contributed by atoms with Crippen molar-refractivity contribution in [2.75, 3.05) is 46.0 Å². The fourth-order valence-electron chi connectivity index (χ4n) is 12.4. The molecule has 2 aromatic rings. The molecule has 3 amide bonds. The third-order valence-electron chi connectivity index (χ3n) is 17.9. The first-order chi connectivity index (χ1) is 41.0. The lowest BCUT2D eigenvalue weighted by molar-refractivity contribution is 0.0535. The SMILES string of the molecule is CCCCCCCCCCCCCCCCCCOc1cc(C(=O)N2CCN(C(=O)c3ccc4c(c3)CNC4=O)CC2)cc(OCCCCCCCCCCCCCCCCCC)c1OCCCCCCCCCCCCCCCCCC. The number of nitrogens with one attached hydrogen (secondary N) is 1. The van der Waals surface area contributed by atoms with E-state index in [1.807, 2.05) is 28.0 Å². The van der Waals surface area contributed by atoms with Gasteiger partial charge in [0.1, 0.15) is 0 Å². The highest BCUT2D eigenvalue weighted by Gasteiger charge is 2.29. The molecule has 4 rings (SSSR count). The Labute approximate surface area is 510 Å². The number of unbranched alkanes of at least 4 members (excludes halogenated alkanes) is 45. The van der Waals surface area contributed by atoms with Crippen LogP contribution < -0.4 is 19.5 Å². The second kappa shape index (κ2) is 49.4. The van der Waals surface area contributed by atoms with Gasteiger partial charge in [-0.2, -0.15) is 0 Å². The van der Waals surface area contributed by atoms with Gasteiger partial charge < -0.3 is 29.3 Å². The van der Waals surface area contributed by atoms with Crippen molar-refractivity contribution in [2.45, 2.75) is 336 Å². The van der Waals surface area contributed by atoms with Crippen molar-refractivity contribution in [3.8, 4) is 17.2 Å². The highest BCUT2D eigenvalue weighted by Crippen LogP contribution is 2.40. The fraction of sp³-hybridized carbons (Fsp3) is 0.797. The second-order valence-electron chi connectivity index (χ2n) is 25.4. The zero-order valence-corrected chi connectivity index (χ0v) is 54.3. The Bertz CT molecular complexity index is 1870. The van der Waals surface area contributed by atoms with E-state index < -0.39 is 0 Å². The number of benzene rings is 2. The van der Waals surface area contributed by atoms with Crippen LogP contribution in [0.4, 0.5) is 0 Å². The lowest BCUT2D eigenvalue weighted by atomic mass is 10.0. The number of ether oxygens (including phenoxy) is 3. The molecule has 9 nitrogen and oxygen atoms in total. The molecule has 0 spiro atoms. The van der Waals surface area contributed by atoms with E-state index in [1.165, 1.54) is 270 Å². The van der Waals surface area contributed by atoms with Crippen molar-refractivity contribution in [3.05, 3.63) is 52.6 Å². The molecule has 0 bridgehead atoms. The van der Waals surface area contributed by atoms with Gasteiger partial charge in [0, 0.05) is 49.4 Å². The van der Waals surface area contributed by atoms with Gasteiger partial charge in [-0.1, -0.05) is 310 Å². The van der Waals surface area contributed by atoms with E-state index in [1.54, 1.807) is 12.1 Å². The molecule has 2 aliphatic rings. The predicted octanol–water partition coefficient (Wildman–Crippen LogP) is 21.4. The summed E-state index contributed by atoms with van der Waals surface area (Å²) in [5.41, 5.74) is 2.61. The summed E-state index contributed by atoms with van der Waals surface area (Å²) < 4.78 is 20.1. The molecule has 1 N–H and O–H groups in total. The molecule has 2 heterocycles. The van der Waals surface area contributed by atoms with Crippen molar-refractivity contribution in [1.29, 1.82) is 0 Å². The molecule has 1 saturated heterocycles. The number of carbonyl (C=O) groups excluding carboxylic acids is 3. The summed E-state index contributed by atoms with van der Waals surface area (Å²) in [6.07, 6.45) is 63.6. The summed E-state index contributed by atoms with van der Waals surface area (Å²) in [7, 11) is 0. The molecular formula is C74H127N3O6. The van der Waals surface area contributed by atoms with Crippen LogP contribution in [0.2, 0.25) is 0 Å². The minimum atomic E-state index is -0.0938. The van der Waals surface area contributed by atoms with Crippen LogP contribution in [-0.4, -0.2) is 73.5 Å². The molecule has 2 aliphatic heterocycles. The van der Waals surface area contributed by atoms with Gasteiger partial charge in [-0.15, -0.1) is 0 Å². The van der Waals surface area contributed by atoms with E-state index >= 15 is 0 Å². The van der Waals surface area contributed by atoms with Crippen molar-refractivity contribution in [2.24, 2.45) is 0 Å². The average molecular weight is 1150 g/mol. The summed E-state index contributed by atoms with van der Waals surface area (Å²) in [5, 5.41) is 2.85. The fourth-order valence-corrected chi connectivity index (χ4v) is 12.4. The minimum Gasteiger partial charge on any atom is -0.490 e. The van der Waals surface area contributed by atoms with Gasteiger partial charge in [-0.25, -0.2) is 0 Å². The van der Waals surface area contributed by atoms with E-state index in [0.717, 1.165) is 44.1 Å². The predicted molar refractivity (Wildman–Crippen MR) is 351 cm³/mol. The lowest BCUT2D eigenvalue weighted by Crippen LogP contribution is -2.50. The highest BCUT2D eigenvalue weighted by molar-refractivity contribution is 6.01. The molecular weight excluding hydrogens is 1030 g/mol. The number of fused-ring (bicyclic) bond motifs is 1. The number of rotatable bonds is 56. The molecule has 2 aromatic carbocycles. The van der Waals surface area contributed by atoms with Crippen molar-refractivity contribution >= 4 is 17.7 Å². The van der Waals surface area contributed by atoms with Crippen molar-refractivity contribution in [1.82, 2.24) is 15.1 Å². The topological polar surface area (TPSA) is 97.4 Å². The van der Waals surface area contributed by atoms with Crippen LogP contribution in [0.25, 0.3) is 0 Å². The van der Waals surface area contributed by atoms with Gasteiger partial charge in [0.25, 0.3) is 17.7 Å². The zero-order valence-electron chi connectivity index (χ0n) is 54.3. The molecule has 1 fully saturated rings. The zero-order chi connectivity index (χ0) is 58.9. The molecule has 0 atom stereocenters. The van der Waals surface area contributed by atoms with Crippen LogP contribution in [-0.2, 0) is 6.54 Å². The van der Waals surface area contributed by atoms with Gasteiger partial charge in [0.2, 0.25) is 5.75 Å². The molecule has 0 aliphatic carbocycles. The normalized spacial score (nSPS) is 13.2. The van der Waals surface area contributed by atoms with E-state index in [9.17, 15) is 14.4 Å². The van der Waals surface area contributed by atoms with Gasteiger partial charge in [0.05, 0.1) is 19.8 Å². The molecule has 9 heteroatoms. The highest BCUT2D eigenvalue weighted by atomic mass is 16.5. The van der Waals surface area contributed by atoms with E-state index in [2.05, 4.69) is 26.1 Å². The third-order valence-corrected chi connectivity index (χ3v) is 17.9. The number of hydrogen-bond acceptors (Lipinski definition) is 6. The minimum absolute atomic E-state index is 0.0698. The molecule has 0 saturated carbocycles. The Morgan fingerprint density at radius 1 is 0.361 bits per heavy atom. The monoisotopic (exact) mass is 1150 g/mol. The Morgan fingerprint density at radius 2 is 0.639 bits per heavy atom. The lowest BCUT2D eigenvalue weighted by Gasteiger charge is -2.35. The number of piperazine rings is 1. The maximum absolute atomic E-state index is 14.5. The number of carbonyl (C=O) groups is 3. The standard InChI is InChI=1S/C74H127N3O6/c1-4-7-10-13-16-19-22-25-28-31-34-37-40-43-46-49-58-81-69-62-66(74(80)77-56-54-76(55-57-77)73(79)65-52-53-68-67(61-65)64-75-72(68)78)63-70(82-59-50-47-44-41-38-35-32-29-26-23-20-17-14-11-8-5-2)71(69)83-60-51-48-45-42-39-36-33-30-27-24-21-18-15-12-9-6-3/h52-53,61-63H,4-51,54-60,64H2,1-3H3,(H,75,78). The summed E-state index contributed by atoms with van der Waals surface area (Å²) in [6, 6.07) is 9.13. The van der Waals surface area contributed by atoms with Crippen molar-refractivity contribution < 1.29 is 28.6 Å². The Hall–Kier alpha value is -3.75. The largest absolute Gasteiger partial charge is 0.490 e. The van der Waals surface area contributed by atoms with Crippen LogP contribution in [0, 0.1) is 0 Å². The molecule has 0 aromatic heterocycles. The first kappa shape index (κ1) is 71.7. The quantitative estimate of drug-likeness (QED) is 0.0663. The van der Waals surface area contributed by atoms with Gasteiger partial charge in [0.15, 0.2) is 11.5 Å². The first-order valence-corrected chi connectivity index (χ1v) is 36.0. The van der Waals surface area contributed by atoms with Crippen LogP contribution in [0.1, 0.15) is 366 Å². The summed E-state index contributed by atoms with van der Waals surface area (Å²) in [4.78, 5) is 44.1. The Morgan fingerprint density at radius 3 is 0.952 bits per heavy atom. The van der Waals surface area contributed by atoms with E-state index in [0.29, 0.717) is 86.5 Å². The van der Waals surface area contributed by atoms with Crippen LogP contribution in [0.3, 0.4) is 0 Å². The van der Waals surface area contributed by atoms with Crippen LogP contribution in [0.15, 0.2) is 30.3 Å². The second-order valence-corrected chi connectivity index (χ2v) is 25.4. The Kier molecular flexibility index (Phi) is 42.7. The smallest absolute Gasteiger partial charge is 0.254 e. The van der Waals surface area contributed by atoms with Crippen LogP contribution in [0.5, 0.6) is 17.2 Å².